The number of rotatable bonds is 5. The van der Waals surface area contributed by atoms with E-state index in [4.69, 9.17) is 17.0 Å². The molecule has 1 N–H and O–H groups in total. The smallest absolute Gasteiger partial charge is 0.270 e. The molecule has 2 aliphatic heterocycles. The molecule has 0 aromatic heterocycles. The van der Waals surface area contributed by atoms with Crippen molar-refractivity contribution in [3.63, 3.8) is 0 Å². The molecule has 2 fully saturated rings. The molecule has 3 aromatic rings. The number of ether oxygens (including phenoxy) is 1. The van der Waals surface area contributed by atoms with Gasteiger partial charge in [0.25, 0.3) is 11.8 Å². The van der Waals surface area contributed by atoms with Crippen molar-refractivity contribution in [2.24, 2.45) is 0 Å². The van der Waals surface area contributed by atoms with Crippen LogP contribution in [-0.4, -0.2) is 55.1 Å². The van der Waals surface area contributed by atoms with E-state index in [1.54, 1.807) is 30.3 Å². The highest BCUT2D eigenvalue weighted by Gasteiger charge is 2.34. The summed E-state index contributed by atoms with van der Waals surface area (Å²) in [6, 6.07) is 24.3. The first-order valence-corrected chi connectivity index (χ1v) is 12.2. The second-order valence-electron chi connectivity index (χ2n) is 8.75. The average molecular weight is 499 g/mol. The van der Waals surface area contributed by atoms with E-state index in [0.29, 0.717) is 17.2 Å². The van der Waals surface area contributed by atoms with Crippen LogP contribution < -0.4 is 19.9 Å². The number of anilines is 2. The first-order chi connectivity index (χ1) is 17.5. The number of likely N-dealkylation sites (N-methyl/N-ethyl adjacent to an activating group) is 1. The van der Waals surface area contributed by atoms with E-state index in [2.05, 4.69) is 22.2 Å². The van der Waals surface area contributed by atoms with Crippen LogP contribution >= 0.6 is 12.2 Å². The van der Waals surface area contributed by atoms with Crippen molar-refractivity contribution in [2.45, 2.75) is 0 Å². The predicted octanol–water partition coefficient (Wildman–Crippen LogP) is 4.06. The number of benzene rings is 3. The van der Waals surface area contributed by atoms with Crippen LogP contribution in [-0.2, 0) is 9.59 Å². The zero-order valence-electron chi connectivity index (χ0n) is 19.9. The summed E-state index contributed by atoms with van der Waals surface area (Å²) in [5.41, 5.74) is 2.47. The molecule has 2 saturated heterocycles. The third kappa shape index (κ3) is 5.15. The average Bonchev–Trinajstić information content (AvgIpc) is 2.89. The second kappa shape index (κ2) is 10.3. The number of carbonyl (C=O) groups excluding carboxylic acids is 2. The van der Waals surface area contributed by atoms with Crippen molar-refractivity contribution in [3.05, 3.63) is 90.0 Å². The molecule has 2 aliphatic rings. The van der Waals surface area contributed by atoms with E-state index < -0.39 is 11.8 Å². The van der Waals surface area contributed by atoms with Gasteiger partial charge in [-0.25, -0.2) is 0 Å². The van der Waals surface area contributed by atoms with E-state index in [-0.39, 0.29) is 10.7 Å². The topological polar surface area (TPSA) is 65.1 Å². The van der Waals surface area contributed by atoms with E-state index >= 15 is 0 Å². The van der Waals surface area contributed by atoms with Crippen LogP contribution in [0.4, 0.5) is 11.4 Å². The maximum atomic E-state index is 13.3. The first-order valence-electron chi connectivity index (χ1n) is 11.8. The van der Waals surface area contributed by atoms with Crippen LogP contribution in [0.25, 0.3) is 6.08 Å². The molecule has 0 bridgehead atoms. The van der Waals surface area contributed by atoms with Gasteiger partial charge in [-0.1, -0.05) is 30.3 Å². The molecule has 3 aromatic carbocycles. The molecule has 2 amide bonds. The van der Waals surface area contributed by atoms with Crippen molar-refractivity contribution < 1.29 is 14.3 Å². The molecular weight excluding hydrogens is 472 g/mol. The molecular formula is C28H26N4O3S. The largest absolute Gasteiger partial charge is 0.457 e. The van der Waals surface area contributed by atoms with E-state index in [1.807, 2.05) is 54.6 Å². The number of hydrogen-bond acceptors (Lipinski definition) is 6. The second-order valence-corrected chi connectivity index (χ2v) is 9.14. The Morgan fingerprint density at radius 3 is 2.08 bits per heavy atom. The summed E-state index contributed by atoms with van der Waals surface area (Å²) in [5.74, 6) is 0.364. The lowest BCUT2D eigenvalue weighted by Gasteiger charge is -2.34. The lowest BCUT2D eigenvalue weighted by molar-refractivity contribution is -0.122. The maximum absolute atomic E-state index is 13.3. The van der Waals surface area contributed by atoms with Crippen molar-refractivity contribution in [1.82, 2.24) is 10.2 Å². The summed E-state index contributed by atoms with van der Waals surface area (Å²) in [6.07, 6.45) is 1.60. The summed E-state index contributed by atoms with van der Waals surface area (Å²) >= 11 is 5.32. The van der Waals surface area contributed by atoms with Gasteiger partial charge < -0.3 is 14.5 Å². The summed E-state index contributed by atoms with van der Waals surface area (Å²) in [5, 5.41) is 2.68. The Balaban J connectivity index is 1.33. The molecule has 182 valence electrons. The Kier molecular flexibility index (Phi) is 6.79. The van der Waals surface area contributed by atoms with Crippen molar-refractivity contribution in [1.29, 1.82) is 0 Å². The molecule has 2 heterocycles. The number of amides is 2. The Hall–Kier alpha value is -4.01. The van der Waals surface area contributed by atoms with E-state index in [9.17, 15) is 9.59 Å². The van der Waals surface area contributed by atoms with Gasteiger partial charge in [0.1, 0.15) is 17.1 Å². The van der Waals surface area contributed by atoms with Gasteiger partial charge in [-0.3, -0.25) is 19.8 Å². The van der Waals surface area contributed by atoms with Crippen LogP contribution in [0.1, 0.15) is 5.56 Å². The van der Waals surface area contributed by atoms with Crippen molar-refractivity contribution >= 4 is 46.6 Å². The van der Waals surface area contributed by atoms with E-state index in [0.717, 1.165) is 37.4 Å². The van der Waals surface area contributed by atoms with Gasteiger partial charge in [-0.15, -0.1) is 0 Å². The quantitative estimate of drug-likeness (QED) is 0.325. The van der Waals surface area contributed by atoms with Gasteiger partial charge in [0.2, 0.25) is 0 Å². The molecule has 7 nitrogen and oxygen atoms in total. The number of carbonyl (C=O) groups is 2. The molecule has 5 rings (SSSR count). The molecule has 0 radical (unpaired) electrons. The standard InChI is InChI=1S/C28H26N4O3S/c1-30-15-17-31(18-16-30)21-9-7-20(8-10-21)19-25-26(33)29-28(36)32(27(25)34)22-11-13-24(14-12-22)35-23-5-3-2-4-6-23/h2-14,19H,15-18H2,1H3,(H,29,33,36). The summed E-state index contributed by atoms with van der Waals surface area (Å²) in [4.78, 5) is 32.0. The highest BCUT2D eigenvalue weighted by Crippen LogP contribution is 2.27. The number of para-hydroxylation sites is 1. The number of thiocarbonyl (C=S) groups is 1. The Morgan fingerprint density at radius 2 is 1.42 bits per heavy atom. The van der Waals surface area contributed by atoms with Crippen LogP contribution in [0.5, 0.6) is 11.5 Å². The first kappa shape index (κ1) is 23.7. The van der Waals surface area contributed by atoms with E-state index in [1.165, 1.54) is 4.90 Å². The molecule has 0 aliphatic carbocycles. The van der Waals surface area contributed by atoms with Crippen LogP contribution in [0, 0.1) is 0 Å². The minimum atomic E-state index is -0.506. The number of nitrogens with zero attached hydrogens (tertiary/aromatic N) is 3. The Labute approximate surface area is 215 Å². The van der Waals surface area contributed by atoms with Gasteiger partial charge in [0.15, 0.2) is 5.11 Å². The molecule has 0 spiro atoms. The zero-order chi connectivity index (χ0) is 25.1. The molecule has 0 unspecified atom stereocenters. The third-order valence-electron chi connectivity index (χ3n) is 6.25. The monoisotopic (exact) mass is 498 g/mol. The number of nitrogens with one attached hydrogen (secondary N) is 1. The minimum absolute atomic E-state index is 0.0283. The van der Waals surface area contributed by atoms with Crippen LogP contribution in [0.3, 0.4) is 0 Å². The molecule has 36 heavy (non-hydrogen) atoms. The molecule has 0 saturated carbocycles. The van der Waals surface area contributed by atoms with Gasteiger partial charge in [0, 0.05) is 31.9 Å². The van der Waals surface area contributed by atoms with Gasteiger partial charge in [0.05, 0.1) is 5.69 Å². The Bertz CT molecular complexity index is 1300. The highest BCUT2D eigenvalue weighted by atomic mass is 32.1. The summed E-state index contributed by atoms with van der Waals surface area (Å²) in [6.45, 7) is 3.99. The van der Waals surface area contributed by atoms with Crippen LogP contribution in [0.2, 0.25) is 0 Å². The Morgan fingerprint density at radius 1 is 0.806 bits per heavy atom. The fourth-order valence-corrected chi connectivity index (χ4v) is 4.47. The lowest BCUT2D eigenvalue weighted by Crippen LogP contribution is -2.54. The summed E-state index contributed by atoms with van der Waals surface area (Å²) < 4.78 is 5.83. The van der Waals surface area contributed by atoms with Gasteiger partial charge in [-0.05, 0) is 79.4 Å². The molecule has 0 atom stereocenters. The maximum Gasteiger partial charge on any atom is 0.270 e. The highest BCUT2D eigenvalue weighted by molar-refractivity contribution is 7.80. The zero-order valence-corrected chi connectivity index (χ0v) is 20.7. The third-order valence-corrected chi connectivity index (χ3v) is 6.53. The fraction of sp³-hybridized carbons (Fsp3) is 0.179. The van der Waals surface area contributed by atoms with Gasteiger partial charge in [-0.2, -0.15) is 0 Å². The minimum Gasteiger partial charge on any atom is -0.457 e. The number of piperazine rings is 1. The molecule has 8 heteroatoms. The normalized spacial score (nSPS) is 17.9. The van der Waals surface area contributed by atoms with Crippen molar-refractivity contribution in [3.8, 4) is 11.5 Å². The summed E-state index contributed by atoms with van der Waals surface area (Å²) in [7, 11) is 2.13. The van der Waals surface area contributed by atoms with Crippen molar-refractivity contribution in [2.75, 3.05) is 43.0 Å². The SMILES string of the molecule is CN1CCN(c2ccc(C=C3C(=O)NC(=S)N(c4ccc(Oc5ccccc5)cc4)C3=O)cc2)CC1. The fourth-order valence-electron chi connectivity index (χ4n) is 4.19. The number of hydrogen-bond donors (Lipinski definition) is 1. The van der Waals surface area contributed by atoms with Crippen LogP contribution in [0.15, 0.2) is 84.4 Å². The lowest BCUT2D eigenvalue weighted by atomic mass is 10.1. The predicted molar refractivity (Wildman–Crippen MR) is 145 cm³/mol. The van der Waals surface area contributed by atoms with Gasteiger partial charge >= 0.3 is 0 Å².